The van der Waals surface area contributed by atoms with Crippen molar-refractivity contribution in [1.82, 2.24) is 9.97 Å². The van der Waals surface area contributed by atoms with Gasteiger partial charge in [-0.2, -0.15) is 5.26 Å². The molecule has 0 spiro atoms. The fraction of sp³-hybridized carbons (Fsp3) is 0.0769. The van der Waals surface area contributed by atoms with Crippen LogP contribution in [0.2, 0.25) is 0 Å². The first-order valence-corrected chi connectivity index (χ1v) is 5.34. The zero-order valence-electron chi connectivity index (χ0n) is 10.1. The lowest BCUT2D eigenvalue weighted by molar-refractivity contribution is 0.398. The zero-order chi connectivity index (χ0) is 13.8. The van der Waals surface area contributed by atoms with Gasteiger partial charge in [0, 0.05) is 24.0 Å². The number of aromatic hydroxyl groups is 1. The Balaban J connectivity index is 2.57. The number of nitriles is 1. The van der Waals surface area contributed by atoms with Crippen LogP contribution in [-0.4, -0.2) is 27.9 Å². The summed E-state index contributed by atoms with van der Waals surface area (Å²) in [5.41, 5.74) is 0.695. The Kier molecular flexibility index (Phi) is 3.39. The average molecular weight is 254 g/mol. The molecule has 0 saturated carbocycles. The van der Waals surface area contributed by atoms with Crippen LogP contribution >= 0.6 is 0 Å². The van der Waals surface area contributed by atoms with Crippen molar-refractivity contribution in [3.8, 4) is 29.0 Å². The SMILES string of the molecule is COc1cc(-c2nccc(C(=N)C#N)c2O)ccn1. The van der Waals surface area contributed by atoms with Crippen molar-refractivity contribution >= 4 is 5.71 Å². The van der Waals surface area contributed by atoms with E-state index in [1.807, 2.05) is 0 Å². The Morgan fingerprint density at radius 2 is 2.11 bits per heavy atom. The van der Waals surface area contributed by atoms with Gasteiger partial charge >= 0.3 is 0 Å². The van der Waals surface area contributed by atoms with Crippen LogP contribution in [0.25, 0.3) is 11.3 Å². The van der Waals surface area contributed by atoms with Crippen LogP contribution in [0.15, 0.2) is 30.6 Å². The van der Waals surface area contributed by atoms with Crippen LogP contribution in [0.4, 0.5) is 0 Å². The third kappa shape index (κ3) is 2.35. The van der Waals surface area contributed by atoms with Crippen LogP contribution in [0.3, 0.4) is 0 Å². The predicted molar refractivity (Wildman–Crippen MR) is 68.1 cm³/mol. The molecule has 0 aliphatic carbocycles. The van der Waals surface area contributed by atoms with Crippen molar-refractivity contribution < 1.29 is 9.84 Å². The van der Waals surface area contributed by atoms with Gasteiger partial charge in [-0.05, 0) is 12.1 Å². The molecule has 0 bridgehead atoms. The molecular formula is C13H10N4O2. The van der Waals surface area contributed by atoms with E-state index in [1.165, 1.54) is 25.6 Å². The fourth-order valence-corrected chi connectivity index (χ4v) is 1.60. The number of hydrogen-bond donors (Lipinski definition) is 2. The van der Waals surface area contributed by atoms with Crippen LogP contribution in [-0.2, 0) is 0 Å². The smallest absolute Gasteiger partial charge is 0.213 e. The maximum Gasteiger partial charge on any atom is 0.213 e. The summed E-state index contributed by atoms with van der Waals surface area (Å²) in [6.07, 6.45) is 2.96. The number of nitrogens with zero attached hydrogens (tertiary/aromatic N) is 3. The van der Waals surface area contributed by atoms with E-state index in [4.69, 9.17) is 15.4 Å². The quantitative estimate of drug-likeness (QED) is 0.812. The molecule has 0 amide bonds. The second kappa shape index (κ2) is 5.14. The summed E-state index contributed by atoms with van der Waals surface area (Å²) in [6, 6.07) is 6.37. The lowest BCUT2D eigenvalue weighted by Gasteiger charge is -2.07. The molecule has 19 heavy (non-hydrogen) atoms. The largest absolute Gasteiger partial charge is 0.505 e. The third-order valence-corrected chi connectivity index (χ3v) is 2.52. The molecule has 0 aromatic carbocycles. The average Bonchev–Trinajstić information content (AvgIpc) is 2.46. The second-order valence-electron chi connectivity index (χ2n) is 3.63. The molecule has 94 valence electrons. The number of pyridine rings is 2. The first-order chi connectivity index (χ1) is 9.17. The molecule has 2 aromatic heterocycles. The number of nitrogens with one attached hydrogen (secondary N) is 1. The Morgan fingerprint density at radius 3 is 2.79 bits per heavy atom. The van der Waals surface area contributed by atoms with Crippen molar-refractivity contribution in [3.63, 3.8) is 0 Å². The summed E-state index contributed by atoms with van der Waals surface area (Å²) in [6.45, 7) is 0. The minimum atomic E-state index is -0.317. The van der Waals surface area contributed by atoms with Crippen LogP contribution in [0.5, 0.6) is 11.6 Å². The Morgan fingerprint density at radius 1 is 1.37 bits per heavy atom. The lowest BCUT2D eigenvalue weighted by atomic mass is 10.1. The number of rotatable bonds is 3. The summed E-state index contributed by atoms with van der Waals surface area (Å²) >= 11 is 0. The molecule has 2 aromatic rings. The lowest BCUT2D eigenvalue weighted by Crippen LogP contribution is -1.98. The Labute approximate surface area is 109 Å². The monoisotopic (exact) mass is 254 g/mol. The molecule has 2 heterocycles. The number of ether oxygens (including phenoxy) is 1. The minimum Gasteiger partial charge on any atom is -0.505 e. The molecular weight excluding hydrogens is 244 g/mol. The number of aromatic nitrogens is 2. The highest BCUT2D eigenvalue weighted by molar-refractivity contribution is 6.11. The van der Waals surface area contributed by atoms with Gasteiger partial charge in [0.1, 0.15) is 17.5 Å². The molecule has 0 aliphatic rings. The van der Waals surface area contributed by atoms with Gasteiger partial charge in [0.15, 0.2) is 5.75 Å². The van der Waals surface area contributed by atoms with E-state index in [9.17, 15) is 5.11 Å². The molecule has 6 heteroatoms. The molecule has 0 radical (unpaired) electrons. The van der Waals surface area contributed by atoms with E-state index in [0.29, 0.717) is 11.4 Å². The van der Waals surface area contributed by atoms with Gasteiger partial charge in [0.05, 0.1) is 12.7 Å². The van der Waals surface area contributed by atoms with E-state index in [2.05, 4.69) is 9.97 Å². The van der Waals surface area contributed by atoms with Crippen molar-refractivity contribution in [2.75, 3.05) is 7.11 Å². The van der Waals surface area contributed by atoms with Crippen LogP contribution in [0, 0.1) is 16.7 Å². The van der Waals surface area contributed by atoms with Crippen molar-refractivity contribution in [3.05, 3.63) is 36.2 Å². The zero-order valence-corrected chi connectivity index (χ0v) is 10.1. The molecule has 6 nitrogen and oxygen atoms in total. The molecule has 0 saturated heterocycles. The van der Waals surface area contributed by atoms with Gasteiger partial charge in [-0.15, -0.1) is 0 Å². The van der Waals surface area contributed by atoms with Gasteiger partial charge in [-0.3, -0.25) is 10.4 Å². The van der Waals surface area contributed by atoms with E-state index >= 15 is 0 Å². The van der Waals surface area contributed by atoms with Crippen LogP contribution < -0.4 is 4.74 Å². The molecule has 0 atom stereocenters. The highest BCUT2D eigenvalue weighted by Gasteiger charge is 2.14. The second-order valence-corrected chi connectivity index (χ2v) is 3.63. The van der Waals surface area contributed by atoms with E-state index < -0.39 is 0 Å². The number of methoxy groups -OCH3 is 1. The Bertz CT molecular complexity index is 677. The Hall–Kier alpha value is -2.94. The fourth-order valence-electron chi connectivity index (χ4n) is 1.60. The van der Waals surface area contributed by atoms with E-state index in [0.717, 1.165) is 0 Å². The summed E-state index contributed by atoms with van der Waals surface area (Å²) in [5.74, 6) is 0.182. The highest BCUT2D eigenvalue weighted by atomic mass is 16.5. The molecule has 0 fully saturated rings. The van der Waals surface area contributed by atoms with Gasteiger partial charge in [0.2, 0.25) is 5.88 Å². The van der Waals surface area contributed by atoms with Crippen molar-refractivity contribution in [2.45, 2.75) is 0 Å². The molecule has 0 unspecified atom stereocenters. The van der Waals surface area contributed by atoms with Crippen molar-refractivity contribution in [1.29, 1.82) is 10.7 Å². The highest BCUT2D eigenvalue weighted by Crippen LogP contribution is 2.31. The van der Waals surface area contributed by atoms with E-state index in [1.54, 1.807) is 18.2 Å². The van der Waals surface area contributed by atoms with Gasteiger partial charge in [-0.1, -0.05) is 0 Å². The maximum absolute atomic E-state index is 10.1. The van der Waals surface area contributed by atoms with Gasteiger partial charge in [0.25, 0.3) is 0 Å². The van der Waals surface area contributed by atoms with Gasteiger partial charge in [-0.25, -0.2) is 4.98 Å². The standard InChI is InChI=1S/C13H10N4O2/c1-19-11-6-8(2-4-16-11)12-13(18)9(3-5-17-12)10(15)7-14/h2-6,15,18H,1H3. The molecule has 0 aliphatic heterocycles. The minimum absolute atomic E-state index is 0.142. The summed E-state index contributed by atoms with van der Waals surface area (Å²) in [4.78, 5) is 8.02. The van der Waals surface area contributed by atoms with E-state index in [-0.39, 0.29) is 22.7 Å². The topological polar surface area (TPSA) is 103 Å². The molecule has 2 rings (SSSR count). The normalized spacial score (nSPS) is 9.68. The summed E-state index contributed by atoms with van der Waals surface area (Å²) < 4.78 is 5.00. The maximum atomic E-state index is 10.1. The van der Waals surface area contributed by atoms with Gasteiger partial charge < -0.3 is 9.84 Å². The third-order valence-electron chi connectivity index (χ3n) is 2.52. The first kappa shape index (κ1) is 12.5. The first-order valence-electron chi connectivity index (χ1n) is 5.34. The predicted octanol–water partition coefficient (Wildman–Crippen LogP) is 1.75. The molecule has 2 N–H and O–H groups in total. The number of hydrogen-bond acceptors (Lipinski definition) is 6. The summed E-state index contributed by atoms with van der Waals surface area (Å²) in [7, 11) is 1.49. The van der Waals surface area contributed by atoms with Crippen molar-refractivity contribution in [2.24, 2.45) is 0 Å². The van der Waals surface area contributed by atoms with Crippen LogP contribution in [0.1, 0.15) is 5.56 Å². The summed E-state index contributed by atoms with van der Waals surface area (Å²) in [5, 5.41) is 26.3.